The Morgan fingerprint density at radius 2 is 1.48 bits per heavy atom. The summed E-state index contributed by atoms with van der Waals surface area (Å²) in [6, 6.07) is 7.44. The van der Waals surface area contributed by atoms with Gasteiger partial charge < -0.3 is 10.1 Å². The quantitative estimate of drug-likeness (QED) is 0.583. The van der Waals surface area contributed by atoms with E-state index in [2.05, 4.69) is 4.98 Å². The normalized spacial score (nSPS) is 12.5. The number of benzene rings is 2. The third kappa shape index (κ3) is 3.49. The van der Waals surface area contributed by atoms with Gasteiger partial charge >= 0.3 is 18.3 Å². The van der Waals surface area contributed by atoms with E-state index in [9.17, 15) is 31.1 Å². The van der Waals surface area contributed by atoms with Gasteiger partial charge in [-0.2, -0.15) is 26.3 Å². The third-order valence-electron chi connectivity index (χ3n) is 4.08. The molecule has 0 aliphatic rings. The number of hydrogen-bond donors (Lipinski definition) is 2. The number of hydrogen-bond acceptors (Lipinski definition) is 1. The Bertz CT molecular complexity index is 1020. The Balaban J connectivity index is 2.39. The van der Waals surface area contributed by atoms with E-state index in [0.29, 0.717) is 0 Å². The molecule has 0 saturated heterocycles. The van der Waals surface area contributed by atoms with Crippen LogP contribution in [0.4, 0.5) is 26.3 Å². The standard InChI is InChI=1S/C18H11F6NO2/c19-17(20,21)12-6-2-1-4-10(12)15-11(8-14(26)27)9-5-3-7-13(16(9)25-15)18(22,23)24/h1-7,25H,8H2,(H,26,27). The van der Waals surface area contributed by atoms with Gasteiger partial charge in [0.15, 0.2) is 0 Å². The van der Waals surface area contributed by atoms with Gasteiger partial charge in [-0.3, -0.25) is 4.79 Å². The molecule has 0 fully saturated rings. The molecule has 3 rings (SSSR count). The average molecular weight is 387 g/mol. The molecule has 0 bridgehead atoms. The Morgan fingerprint density at radius 3 is 2.07 bits per heavy atom. The number of halogens is 6. The zero-order chi connectivity index (χ0) is 20.0. The van der Waals surface area contributed by atoms with Gasteiger partial charge in [0.05, 0.1) is 28.8 Å². The fraction of sp³-hybridized carbons (Fsp3) is 0.167. The summed E-state index contributed by atoms with van der Waals surface area (Å²) >= 11 is 0. The summed E-state index contributed by atoms with van der Waals surface area (Å²) in [6.45, 7) is 0. The number of rotatable bonds is 3. The van der Waals surface area contributed by atoms with Crippen molar-refractivity contribution >= 4 is 16.9 Å². The predicted molar refractivity (Wildman–Crippen MR) is 85.1 cm³/mol. The predicted octanol–water partition coefficient (Wildman–Crippen LogP) is 5.50. The molecule has 0 spiro atoms. The maximum atomic E-state index is 13.3. The molecule has 2 N–H and O–H groups in total. The summed E-state index contributed by atoms with van der Waals surface area (Å²) in [7, 11) is 0. The summed E-state index contributed by atoms with van der Waals surface area (Å²) in [6.07, 6.45) is -10.3. The van der Waals surface area contributed by atoms with Crippen molar-refractivity contribution in [3.63, 3.8) is 0 Å². The molecule has 1 heterocycles. The second-order valence-corrected chi connectivity index (χ2v) is 5.82. The van der Waals surface area contributed by atoms with Gasteiger partial charge in [-0.1, -0.05) is 30.3 Å². The Labute approximate surface area is 148 Å². The average Bonchev–Trinajstić information content (AvgIpc) is 2.91. The van der Waals surface area contributed by atoms with Crippen LogP contribution in [0.15, 0.2) is 42.5 Å². The molecule has 2 aromatic carbocycles. The molecule has 0 atom stereocenters. The number of aromatic nitrogens is 1. The van der Waals surface area contributed by atoms with Crippen molar-refractivity contribution < 1.29 is 36.2 Å². The van der Waals surface area contributed by atoms with Gasteiger partial charge in [0, 0.05) is 10.9 Å². The fourth-order valence-electron chi connectivity index (χ4n) is 3.02. The van der Waals surface area contributed by atoms with Crippen LogP contribution < -0.4 is 0 Å². The fourth-order valence-corrected chi connectivity index (χ4v) is 3.02. The first kappa shape index (κ1) is 18.8. The summed E-state index contributed by atoms with van der Waals surface area (Å²) in [5, 5.41) is 9.03. The number of para-hydroxylation sites is 1. The van der Waals surface area contributed by atoms with E-state index in [1.54, 1.807) is 0 Å². The molecule has 0 amide bonds. The third-order valence-corrected chi connectivity index (χ3v) is 4.08. The van der Waals surface area contributed by atoms with Crippen LogP contribution in [0.5, 0.6) is 0 Å². The van der Waals surface area contributed by atoms with E-state index in [4.69, 9.17) is 5.11 Å². The van der Waals surface area contributed by atoms with Crippen LogP contribution in [0.2, 0.25) is 0 Å². The molecule has 142 valence electrons. The van der Waals surface area contributed by atoms with E-state index in [0.717, 1.165) is 30.3 Å². The highest BCUT2D eigenvalue weighted by Crippen LogP contribution is 2.42. The monoisotopic (exact) mass is 387 g/mol. The Hall–Kier alpha value is -2.97. The number of carboxylic acids is 1. The van der Waals surface area contributed by atoms with Crippen molar-refractivity contribution in [1.82, 2.24) is 4.98 Å². The second-order valence-electron chi connectivity index (χ2n) is 5.82. The van der Waals surface area contributed by atoms with Crippen LogP contribution >= 0.6 is 0 Å². The molecule has 0 unspecified atom stereocenters. The number of fused-ring (bicyclic) bond motifs is 1. The lowest BCUT2D eigenvalue weighted by atomic mass is 9.98. The molecule has 3 aromatic rings. The summed E-state index contributed by atoms with van der Waals surface area (Å²) in [5.41, 5.74) is -3.45. The molecule has 0 aliphatic carbocycles. The van der Waals surface area contributed by atoms with Crippen molar-refractivity contribution in [1.29, 1.82) is 0 Å². The lowest BCUT2D eigenvalue weighted by Crippen LogP contribution is -2.08. The largest absolute Gasteiger partial charge is 0.481 e. The van der Waals surface area contributed by atoms with Crippen molar-refractivity contribution in [3.05, 3.63) is 59.2 Å². The molecule has 0 saturated carbocycles. The summed E-state index contributed by atoms with van der Waals surface area (Å²) in [5.74, 6) is -1.38. The van der Waals surface area contributed by atoms with Crippen LogP contribution in [0, 0.1) is 0 Å². The second kappa shape index (κ2) is 6.33. The highest BCUT2D eigenvalue weighted by atomic mass is 19.4. The van der Waals surface area contributed by atoms with Gasteiger partial charge in [0.1, 0.15) is 0 Å². The molecular weight excluding hydrogens is 376 g/mol. The number of carbonyl (C=O) groups is 1. The molecule has 0 aliphatic heterocycles. The van der Waals surface area contributed by atoms with Crippen molar-refractivity contribution in [3.8, 4) is 11.3 Å². The van der Waals surface area contributed by atoms with Crippen LogP contribution in [0.3, 0.4) is 0 Å². The molecular formula is C18H11F6NO2. The van der Waals surface area contributed by atoms with Crippen molar-refractivity contribution in [2.45, 2.75) is 18.8 Å². The van der Waals surface area contributed by atoms with Crippen LogP contribution in [0.25, 0.3) is 22.2 Å². The lowest BCUT2D eigenvalue weighted by molar-refractivity contribution is -0.137. The van der Waals surface area contributed by atoms with Gasteiger partial charge in [-0.15, -0.1) is 0 Å². The van der Waals surface area contributed by atoms with Gasteiger partial charge in [0.2, 0.25) is 0 Å². The maximum Gasteiger partial charge on any atom is 0.418 e. The topological polar surface area (TPSA) is 53.1 Å². The zero-order valence-electron chi connectivity index (χ0n) is 13.4. The molecule has 0 radical (unpaired) electrons. The first-order chi connectivity index (χ1) is 12.5. The van der Waals surface area contributed by atoms with E-state index in [1.165, 1.54) is 12.1 Å². The SMILES string of the molecule is O=C(O)Cc1c(-c2ccccc2C(F)(F)F)[nH]c2c(C(F)(F)F)cccc12. The van der Waals surface area contributed by atoms with Crippen molar-refractivity contribution in [2.24, 2.45) is 0 Å². The van der Waals surface area contributed by atoms with Crippen LogP contribution in [-0.4, -0.2) is 16.1 Å². The highest BCUT2D eigenvalue weighted by molar-refractivity contribution is 5.96. The molecule has 3 nitrogen and oxygen atoms in total. The minimum atomic E-state index is -4.76. The van der Waals surface area contributed by atoms with Crippen LogP contribution in [-0.2, 0) is 23.6 Å². The van der Waals surface area contributed by atoms with Gasteiger partial charge in [-0.25, -0.2) is 0 Å². The van der Waals surface area contributed by atoms with E-state index in [1.807, 2.05) is 0 Å². The van der Waals surface area contributed by atoms with Gasteiger partial charge in [0.25, 0.3) is 0 Å². The summed E-state index contributed by atoms with van der Waals surface area (Å²) < 4.78 is 79.9. The number of H-pyrrole nitrogens is 1. The Kier molecular flexibility index (Phi) is 4.41. The molecule has 27 heavy (non-hydrogen) atoms. The number of aliphatic carboxylic acids is 1. The highest BCUT2D eigenvalue weighted by Gasteiger charge is 2.37. The van der Waals surface area contributed by atoms with E-state index >= 15 is 0 Å². The molecule has 1 aromatic heterocycles. The number of aromatic amines is 1. The number of alkyl halides is 6. The zero-order valence-corrected chi connectivity index (χ0v) is 13.4. The minimum absolute atomic E-state index is 0.0841. The van der Waals surface area contributed by atoms with Crippen molar-refractivity contribution in [2.75, 3.05) is 0 Å². The lowest BCUT2D eigenvalue weighted by Gasteiger charge is -2.13. The first-order valence-electron chi connectivity index (χ1n) is 7.59. The smallest absolute Gasteiger partial charge is 0.418 e. The Morgan fingerprint density at radius 1 is 0.889 bits per heavy atom. The number of nitrogens with one attached hydrogen (secondary N) is 1. The van der Waals surface area contributed by atoms with Gasteiger partial charge in [-0.05, 0) is 17.7 Å². The number of carboxylic acid groups (broad SMARTS) is 1. The first-order valence-corrected chi connectivity index (χ1v) is 7.59. The maximum absolute atomic E-state index is 13.3. The minimum Gasteiger partial charge on any atom is -0.481 e. The summed E-state index contributed by atoms with van der Waals surface area (Å²) in [4.78, 5) is 13.6. The molecule has 9 heteroatoms. The van der Waals surface area contributed by atoms with E-state index in [-0.39, 0.29) is 16.6 Å². The van der Waals surface area contributed by atoms with E-state index < -0.39 is 46.9 Å². The van der Waals surface area contributed by atoms with Crippen LogP contribution in [0.1, 0.15) is 16.7 Å².